The van der Waals surface area contributed by atoms with Crippen LogP contribution < -0.4 is 16.8 Å². The molecular formula is C25H35N7O3. The Morgan fingerprint density at radius 3 is 2.29 bits per heavy atom. The van der Waals surface area contributed by atoms with Crippen molar-refractivity contribution in [2.75, 3.05) is 11.1 Å². The van der Waals surface area contributed by atoms with Crippen molar-refractivity contribution in [2.45, 2.75) is 72.8 Å². The summed E-state index contributed by atoms with van der Waals surface area (Å²) >= 11 is 0. The highest BCUT2D eigenvalue weighted by molar-refractivity contribution is 6.03. The Morgan fingerprint density at radius 1 is 1.11 bits per heavy atom. The Hall–Kier alpha value is -3.69. The van der Waals surface area contributed by atoms with Crippen molar-refractivity contribution in [3.05, 3.63) is 41.3 Å². The van der Waals surface area contributed by atoms with E-state index >= 15 is 0 Å². The Kier molecular flexibility index (Phi) is 6.79. The zero-order valence-corrected chi connectivity index (χ0v) is 21.6. The minimum atomic E-state index is -0.676. The summed E-state index contributed by atoms with van der Waals surface area (Å²) in [6.45, 7) is 16.1. The predicted molar refractivity (Wildman–Crippen MR) is 135 cm³/mol. The average molecular weight is 482 g/mol. The number of amides is 2. The third kappa shape index (κ3) is 4.91. The summed E-state index contributed by atoms with van der Waals surface area (Å²) in [6.07, 6.45) is 1.58. The molecule has 0 fully saturated rings. The fraction of sp³-hybridized carbons (Fsp3) is 0.480. The number of rotatable bonds is 7. The Morgan fingerprint density at radius 2 is 1.77 bits per heavy atom. The van der Waals surface area contributed by atoms with Crippen LogP contribution in [0, 0.1) is 5.41 Å². The second-order valence-corrected chi connectivity index (χ2v) is 10.7. The molecule has 0 bridgehead atoms. The Labute approximate surface area is 205 Å². The van der Waals surface area contributed by atoms with Gasteiger partial charge < -0.3 is 21.3 Å². The zero-order chi connectivity index (χ0) is 26.3. The van der Waals surface area contributed by atoms with Gasteiger partial charge in [0.1, 0.15) is 22.8 Å². The molecule has 0 aromatic carbocycles. The highest BCUT2D eigenvalue weighted by Crippen LogP contribution is 2.41. The molecule has 1 unspecified atom stereocenters. The van der Waals surface area contributed by atoms with E-state index in [9.17, 15) is 9.59 Å². The summed E-state index contributed by atoms with van der Waals surface area (Å²) in [4.78, 5) is 29.3. The molecule has 3 heterocycles. The number of anilines is 2. The summed E-state index contributed by atoms with van der Waals surface area (Å²) in [5.74, 6) is -0.184. The SMILES string of the molecule is CC(C(=O)Nc1cc(C(C)(C)C(C)(C)C)on1)c1ccc(-c2nn(C(C)C)c(N)c2C(N)=O)nc1. The van der Waals surface area contributed by atoms with Gasteiger partial charge in [0, 0.05) is 23.7 Å². The molecule has 10 nitrogen and oxygen atoms in total. The number of nitrogens with two attached hydrogens (primary N) is 2. The lowest BCUT2D eigenvalue weighted by Gasteiger charge is -2.36. The molecule has 3 aromatic rings. The first-order chi connectivity index (χ1) is 16.1. The van der Waals surface area contributed by atoms with Crippen molar-refractivity contribution in [1.29, 1.82) is 0 Å². The number of nitrogens with zero attached hydrogens (tertiary/aromatic N) is 4. The van der Waals surface area contributed by atoms with E-state index in [1.165, 1.54) is 4.68 Å². The first kappa shape index (κ1) is 25.9. The number of aromatic nitrogens is 4. The zero-order valence-electron chi connectivity index (χ0n) is 21.6. The van der Waals surface area contributed by atoms with E-state index in [1.807, 2.05) is 13.8 Å². The molecule has 0 aliphatic carbocycles. The van der Waals surface area contributed by atoms with E-state index in [1.54, 1.807) is 31.3 Å². The van der Waals surface area contributed by atoms with Gasteiger partial charge in [-0.1, -0.05) is 45.8 Å². The minimum Gasteiger partial charge on any atom is -0.383 e. The van der Waals surface area contributed by atoms with Crippen molar-refractivity contribution < 1.29 is 14.1 Å². The van der Waals surface area contributed by atoms with Gasteiger partial charge in [0.05, 0.1) is 11.6 Å². The lowest BCUT2D eigenvalue weighted by molar-refractivity contribution is -0.117. The predicted octanol–water partition coefficient (Wildman–Crippen LogP) is 4.26. The molecule has 3 rings (SSSR count). The highest BCUT2D eigenvalue weighted by Gasteiger charge is 2.38. The van der Waals surface area contributed by atoms with E-state index in [4.69, 9.17) is 16.0 Å². The molecule has 2 amide bonds. The molecule has 0 aliphatic rings. The number of carbonyl (C=O) groups excluding carboxylic acids is 2. The molecule has 35 heavy (non-hydrogen) atoms. The van der Waals surface area contributed by atoms with Gasteiger partial charge >= 0.3 is 0 Å². The van der Waals surface area contributed by atoms with Crippen LogP contribution in [0.5, 0.6) is 0 Å². The van der Waals surface area contributed by atoms with Crippen LogP contribution in [0.15, 0.2) is 28.9 Å². The van der Waals surface area contributed by atoms with Crippen LogP contribution in [0.25, 0.3) is 11.4 Å². The normalized spacial score (nSPS) is 13.2. The molecular weight excluding hydrogens is 446 g/mol. The highest BCUT2D eigenvalue weighted by atomic mass is 16.5. The van der Waals surface area contributed by atoms with E-state index in [2.05, 4.69) is 55.2 Å². The topological polar surface area (TPSA) is 155 Å². The Bertz CT molecular complexity index is 1230. The van der Waals surface area contributed by atoms with Gasteiger partial charge in [-0.3, -0.25) is 14.6 Å². The second kappa shape index (κ2) is 9.16. The molecule has 0 saturated heterocycles. The summed E-state index contributed by atoms with van der Waals surface area (Å²) < 4.78 is 7.07. The number of hydrogen-bond donors (Lipinski definition) is 3. The molecule has 188 valence electrons. The number of nitrogens with one attached hydrogen (secondary N) is 1. The van der Waals surface area contributed by atoms with Crippen LogP contribution in [0.2, 0.25) is 0 Å². The maximum absolute atomic E-state index is 12.9. The van der Waals surface area contributed by atoms with Crippen molar-refractivity contribution in [1.82, 2.24) is 19.9 Å². The Balaban J connectivity index is 1.79. The van der Waals surface area contributed by atoms with Crippen LogP contribution in [-0.2, 0) is 10.2 Å². The van der Waals surface area contributed by atoms with Crippen molar-refractivity contribution in [3.63, 3.8) is 0 Å². The fourth-order valence-corrected chi connectivity index (χ4v) is 3.45. The molecule has 0 saturated carbocycles. The van der Waals surface area contributed by atoms with E-state index in [0.29, 0.717) is 28.5 Å². The summed E-state index contributed by atoms with van der Waals surface area (Å²) in [7, 11) is 0. The summed E-state index contributed by atoms with van der Waals surface area (Å²) in [5, 5.41) is 11.3. The number of pyridine rings is 1. The average Bonchev–Trinajstić information content (AvgIpc) is 3.37. The van der Waals surface area contributed by atoms with Gasteiger partial charge in [-0.25, -0.2) is 4.68 Å². The standard InChI is InChI=1S/C25H35N7O3/c1-13(2)32-21(26)19(22(27)33)20(30-32)16-10-9-15(12-28-16)14(3)23(34)29-18-11-17(35-31-18)25(7,8)24(4,5)6/h9-14H,26H2,1-8H3,(H2,27,33)(H,29,31,34). The van der Waals surface area contributed by atoms with Crippen molar-refractivity contribution >= 4 is 23.5 Å². The van der Waals surface area contributed by atoms with Crippen molar-refractivity contribution in [3.8, 4) is 11.4 Å². The van der Waals surface area contributed by atoms with Gasteiger partial charge in [0.15, 0.2) is 5.82 Å². The fourth-order valence-electron chi connectivity index (χ4n) is 3.45. The lowest BCUT2D eigenvalue weighted by atomic mass is 9.68. The van der Waals surface area contributed by atoms with Crippen LogP contribution in [0.3, 0.4) is 0 Å². The number of hydrogen-bond acceptors (Lipinski definition) is 7. The van der Waals surface area contributed by atoms with Crippen LogP contribution >= 0.6 is 0 Å². The van der Waals surface area contributed by atoms with Crippen LogP contribution in [0.1, 0.15) is 89.0 Å². The quantitative estimate of drug-likeness (QED) is 0.455. The molecule has 0 spiro atoms. The van der Waals surface area contributed by atoms with Crippen LogP contribution in [0.4, 0.5) is 11.6 Å². The maximum atomic E-state index is 12.9. The van der Waals surface area contributed by atoms with E-state index in [-0.39, 0.29) is 34.2 Å². The maximum Gasteiger partial charge on any atom is 0.254 e. The van der Waals surface area contributed by atoms with Gasteiger partial charge in [-0.15, -0.1) is 0 Å². The lowest BCUT2D eigenvalue weighted by Crippen LogP contribution is -2.33. The monoisotopic (exact) mass is 481 g/mol. The number of primary amides is 1. The minimum absolute atomic E-state index is 0.0570. The molecule has 1 atom stereocenters. The largest absolute Gasteiger partial charge is 0.383 e. The third-order valence-electron chi connectivity index (χ3n) is 6.86. The first-order valence-electron chi connectivity index (χ1n) is 11.6. The van der Waals surface area contributed by atoms with E-state index < -0.39 is 11.8 Å². The van der Waals surface area contributed by atoms with Gasteiger partial charge in [-0.2, -0.15) is 5.10 Å². The summed E-state index contributed by atoms with van der Waals surface area (Å²) in [6, 6.07) is 5.16. The first-order valence-corrected chi connectivity index (χ1v) is 11.6. The number of carbonyl (C=O) groups is 2. The van der Waals surface area contributed by atoms with Gasteiger partial charge in [-0.05, 0) is 37.8 Å². The van der Waals surface area contributed by atoms with Gasteiger partial charge in [0.2, 0.25) is 5.91 Å². The summed E-state index contributed by atoms with van der Waals surface area (Å²) in [5.41, 5.74) is 12.9. The number of nitrogen functional groups attached to an aromatic ring is 1. The third-order valence-corrected chi connectivity index (χ3v) is 6.86. The molecule has 0 radical (unpaired) electrons. The second-order valence-electron chi connectivity index (χ2n) is 10.7. The van der Waals surface area contributed by atoms with Crippen LogP contribution in [-0.4, -0.2) is 31.7 Å². The smallest absolute Gasteiger partial charge is 0.254 e. The molecule has 10 heteroatoms. The molecule has 3 aromatic heterocycles. The molecule has 5 N–H and O–H groups in total. The van der Waals surface area contributed by atoms with Crippen molar-refractivity contribution in [2.24, 2.45) is 11.1 Å². The van der Waals surface area contributed by atoms with E-state index in [0.717, 1.165) is 0 Å². The molecule has 0 aliphatic heterocycles. The van der Waals surface area contributed by atoms with Gasteiger partial charge in [0.25, 0.3) is 5.91 Å².